The maximum Gasteiger partial charge on any atom is 0.272 e. The highest BCUT2D eigenvalue weighted by Crippen LogP contribution is 2.12. The van der Waals surface area contributed by atoms with E-state index in [-0.39, 0.29) is 5.91 Å². The maximum atomic E-state index is 12.5. The molecule has 3 rings (SSSR count). The highest BCUT2D eigenvalue weighted by Gasteiger charge is 2.13. The number of amides is 1. The Morgan fingerprint density at radius 1 is 1.00 bits per heavy atom. The third kappa shape index (κ3) is 4.87. The Morgan fingerprint density at radius 2 is 1.64 bits per heavy atom. The molecule has 0 bridgehead atoms. The smallest absolute Gasteiger partial charge is 0.272 e. The molecule has 1 heterocycles. The van der Waals surface area contributed by atoms with Crippen molar-refractivity contribution in [2.45, 2.75) is 33.9 Å². The van der Waals surface area contributed by atoms with Crippen molar-refractivity contribution in [1.82, 2.24) is 20.0 Å². The zero-order valence-corrected chi connectivity index (χ0v) is 16.9. The molecule has 0 saturated heterocycles. The Hall–Kier alpha value is -2.92. The Balaban J connectivity index is 1.60. The molecule has 0 aliphatic heterocycles. The fourth-order valence-electron chi connectivity index (χ4n) is 3.16. The third-order valence-corrected chi connectivity index (χ3v) is 4.90. The molecule has 1 N–H and O–H groups in total. The zero-order valence-electron chi connectivity index (χ0n) is 16.9. The Kier molecular flexibility index (Phi) is 6.61. The van der Waals surface area contributed by atoms with Crippen LogP contribution in [0.5, 0.6) is 0 Å². The number of para-hydroxylation sites is 1. The number of benzene rings is 2. The fraction of sp³-hybridized carbons (Fsp3) is 0.304. The van der Waals surface area contributed by atoms with Gasteiger partial charge in [-0.2, -0.15) is 5.10 Å². The Labute approximate surface area is 167 Å². The molecule has 0 radical (unpaired) electrons. The number of nitrogens with one attached hydrogen (secondary N) is 1. The van der Waals surface area contributed by atoms with E-state index in [0.717, 1.165) is 36.6 Å². The highest BCUT2D eigenvalue weighted by molar-refractivity contribution is 5.92. The summed E-state index contributed by atoms with van der Waals surface area (Å²) >= 11 is 0. The van der Waals surface area contributed by atoms with Gasteiger partial charge in [-0.15, -0.1) is 0 Å². The fourth-order valence-corrected chi connectivity index (χ4v) is 3.16. The lowest BCUT2D eigenvalue weighted by molar-refractivity contribution is 0.0945. The van der Waals surface area contributed by atoms with Gasteiger partial charge in [-0.3, -0.25) is 9.69 Å². The first-order chi connectivity index (χ1) is 13.6. The molecule has 0 saturated carbocycles. The normalized spacial score (nSPS) is 11.0. The van der Waals surface area contributed by atoms with E-state index < -0.39 is 0 Å². The van der Waals surface area contributed by atoms with Gasteiger partial charge >= 0.3 is 0 Å². The van der Waals surface area contributed by atoms with E-state index in [1.54, 1.807) is 4.68 Å². The summed E-state index contributed by atoms with van der Waals surface area (Å²) in [6, 6.07) is 20.1. The van der Waals surface area contributed by atoms with E-state index in [9.17, 15) is 4.79 Å². The molecular formula is C23H28N4O. The maximum absolute atomic E-state index is 12.5. The van der Waals surface area contributed by atoms with Gasteiger partial charge in [-0.05, 0) is 49.3 Å². The number of hydrogen-bond acceptors (Lipinski definition) is 3. The SMILES string of the molecule is CCN(CC)Cc1ccc(CNC(=O)c2cc(C)n(-c3ccccc3)n2)cc1. The van der Waals surface area contributed by atoms with Crippen molar-refractivity contribution in [3.05, 3.63) is 83.2 Å². The van der Waals surface area contributed by atoms with E-state index in [1.807, 2.05) is 43.3 Å². The predicted molar refractivity (Wildman–Crippen MR) is 113 cm³/mol. The summed E-state index contributed by atoms with van der Waals surface area (Å²) in [5, 5.41) is 7.42. The van der Waals surface area contributed by atoms with E-state index in [0.29, 0.717) is 12.2 Å². The minimum Gasteiger partial charge on any atom is -0.347 e. The molecule has 5 nitrogen and oxygen atoms in total. The van der Waals surface area contributed by atoms with Crippen molar-refractivity contribution in [2.24, 2.45) is 0 Å². The van der Waals surface area contributed by atoms with Crippen molar-refractivity contribution in [3.63, 3.8) is 0 Å². The summed E-state index contributed by atoms with van der Waals surface area (Å²) in [6.45, 7) is 9.83. The quantitative estimate of drug-likeness (QED) is 0.648. The molecule has 0 unspecified atom stereocenters. The topological polar surface area (TPSA) is 50.2 Å². The van der Waals surface area contributed by atoms with E-state index >= 15 is 0 Å². The molecule has 0 spiro atoms. The first kappa shape index (κ1) is 19.8. The molecule has 1 amide bonds. The summed E-state index contributed by atoms with van der Waals surface area (Å²) in [7, 11) is 0. The summed E-state index contributed by atoms with van der Waals surface area (Å²) in [6.07, 6.45) is 0. The molecule has 0 aliphatic carbocycles. The standard InChI is InChI=1S/C23H28N4O/c1-4-26(5-2)17-20-13-11-19(12-14-20)16-24-23(28)22-15-18(3)27(25-22)21-9-7-6-8-10-21/h6-15H,4-5,16-17H2,1-3H3,(H,24,28). The molecule has 0 atom stereocenters. The van der Waals surface area contributed by atoms with Gasteiger partial charge < -0.3 is 5.32 Å². The van der Waals surface area contributed by atoms with Gasteiger partial charge in [0.05, 0.1) is 5.69 Å². The number of rotatable bonds is 8. The molecule has 0 fully saturated rings. The van der Waals surface area contributed by atoms with Gasteiger partial charge in [0.15, 0.2) is 5.69 Å². The van der Waals surface area contributed by atoms with Gasteiger partial charge in [0.25, 0.3) is 5.91 Å². The van der Waals surface area contributed by atoms with Crippen LogP contribution in [-0.4, -0.2) is 33.7 Å². The van der Waals surface area contributed by atoms with Crippen LogP contribution >= 0.6 is 0 Å². The van der Waals surface area contributed by atoms with Crippen LogP contribution in [0.15, 0.2) is 60.7 Å². The van der Waals surface area contributed by atoms with Crippen LogP contribution < -0.4 is 5.32 Å². The monoisotopic (exact) mass is 376 g/mol. The van der Waals surface area contributed by atoms with Crippen LogP contribution in [0.25, 0.3) is 5.69 Å². The molecule has 5 heteroatoms. The lowest BCUT2D eigenvalue weighted by Crippen LogP contribution is -2.23. The van der Waals surface area contributed by atoms with Gasteiger partial charge in [0.1, 0.15) is 0 Å². The Bertz CT molecular complexity index is 896. The summed E-state index contributed by atoms with van der Waals surface area (Å²) in [5.41, 5.74) is 4.67. The molecule has 146 valence electrons. The predicted octanol–water partition coefficient (Wildman–Crippen LogP) is 3.95. The summed E-state index contributed by atoms with van der Waals surface area (Å²) in [4.78, 5) is 14.9. The molecule has 28 heavy (non-hydrogen) atoms. The lowest BCUT2D eigenvalue weighted by atomic mass is 10.1. The second-order valence-corrected chi connectivity index (χ2v) is 6.88. The van der Waals surface area contributed by atoms with Gasteiger partial charge in [-0.25, -0.2) is 4.68 Å². The van der Waals surface area contributed by atoms with Crippen LogP contribution in [0.3, 0.4) is 0 Å². The summed E-state index contributed by atoms with van der Waals surface area (Å²) < 4.78 is 1.79. The largest absolute Gasteiger partial charge is 0.347 e. The average molecular weight is 377 g/mol. The van der Waals surface area contributed by atoms with E-state index in [4.69, 9.17) is 0 Å². The zero-order chi connectivity index (χ0) is 19.9. The first-order valence-corrected chi connectivity index (χ1v) is 9.81. The number of carbonyl (C=O) groups is 1. The van der Waals surface area contributed by atoms with Crippen molar-refractivity contribution < 1.29 is 4.79 Å². The van der Waals surface area contributed by atoms with Crippen LogP contribution in [-0.2, 0) is 13.1 Å². The van der Waals surface area contributed by atoms with Gasteiger partial charge in [0, 0.05) is 18.8 Å². The van der Waals surface area contributed by atoms with Gasteiger partial charge in [0.2, 0.25) is 0 Å². The third-order valence-electron chi connectivity index (χ3n) is 4.90. The minimum absolute atomic E-state index is 0.162. The van der Waals surface area contributed by atoms with Gasteiger partial charge in [-0.1, -0.05) is 56.3 Å². The van der Waals surface area contributed by atoms with Crippen LogP contribution in [0, 0.1) is 6.92 Å². The lowest BCUT2D eigenvalue weighted by Gasteiger charge is -2.18. The van der Waals surface area contributed by atoms with Crippen LogP contribution in [0.2, 0.25) is 0 Å². The molecule has 1 aromatic heterocycles. The number of carbonyl (C=O) groups excluding carboxylic acids is 1. The van der Waals surface area contributed by atoms with Crippen LogP contribution in [0.1, 0.15) is 41.2 Å². The van der Waals surface area contributed by atoms with Crippen molar-refractivity contribution in [2.75, 3.05) is 13.1 Å². The number of hydrogen-bond donors (Lipinski definition) is 1. The number of aromatic nitrogens is 2. The summed E-state index contributed by atoms with van der Waals surface area (Å²) in [5.74, 6) is -0.162. The first-order valence-electron chi connectivity index (χ1n) is 9.81. The number of nitrogens with zero attached hydrogens (tertiary/aromatic N) is 3. The minimum atomic E-state index is -0.162. The Morgan fingerprint density at radius 3 is 2.29 bits per heavy atom. The molecule has 0 aliphatic rings. The molecule has 3 aromatic rings. The second-order valence-electron chi connectivity index (χ2n) is 6.88. The van der Waals surface area contributed by atoms with Crippen LogP contribution in [0.4, 0.5) is 0 Å². The van der Waals surface area contributed by atoms with E-state index in [1.165, 1.54) is 5.56 Å². The number of aryl methyl sites for hydroxylation is 1. The second kappa shape index (κ2) is 9.33. The van der Waals surface area contributed by atoms with E-state index in [2.05, 4.69) is 53.4 Å². The molecular weight excluding hydrogens is 348 g/mol. The van der Waals surface area contributed by atoms with Crippen molar-refractivity contribution >= 4 is 5.91 Å². The van der Waals surface area contributed by atoms with Crippen molar-refractivity contribution in [1.29, 1.82) is 0 Å². The van der Waals surface area contributed by atoms with Crippen molar-refractivity contribution in [3.8, 4) is 5.69 Å². The molecule has 2 aromatic carbocycles. The average Bonchev–Trinajstić information content (AvgIpc) is 3.13. The highest BCUT2D eigenvalue weighted by atomic mass is 16.1.